The molecule has 0 bridgehead atoms. The molecule has 9 nitrogen and oxygen atoms in total. The lowest BCUT2D eigenvalue weighted by Gasteiger charge is -2.13. The van der Waals surface area contributed by atoms with Gasteiger partial charge in [-0.3, -0.25) is 19.3 Å². The van der Waals surface area contributed by atoms with E-state index in [0.29, 0.717) is 23.4 Å². The fourth-order valence-corrected chi connectivity index (χ4v) is 3.29. The first-order valence-corrected chi connectivity index (χ1v) is 9.76. The zero-order valence-corrected chi connectivity index (χ0v) is 16.8. The predicted molar refractivity (Wildman–Crippen MR) is 109 cm³/mol. The number of methoxy groups -OCH3 is 1. The van der Waals surface area contributed by atoms with E-state index in [1.807, 2.05) is 12.1 Å². The Hall–Kier alpha value is -4.01. The van der Waals surface area contributed by atoms with Crippen molar-refractivity contribution < 1.29 is 23.6 Å². The fraction of sp³-hybridized carbons (Fsp3) is 0.227. The fourth-order valence-electron chi connectivity index (χ4n) is 3.29. The summed E-state index contributed by atoms with van der Waals surface area (Å²) in [4.78, 5) is 42.2. The number of amides is 3. The lowest BCUT2D eigenvalue weighted by molar-refractivity contribution is -0.121. The second kappa shape index (κ2) is 8.78. The van der Waals surface area contributed by atoms with Crippen LogP contribution >= 0.6 is 0 Å². The van der Waals surface area contributed by atoms with Gasteiger partial charge >= 0.3 is 0 Å². The molecule has 0 aliphatic carbocycles. The molecule has 3 amide bonds. The van der Waals surface area contributed by atoms with Gasteiger partial charge in [0.15, 0.2) is 0 Å². The van der Waals surface area contributed by atoms with Gasteiger partial charge in [0.25, 0.3) is 11.8 Å². The van der Waals surface area contributed by atoms with Crippen LogP contribution in [0, 0.1) is 0 Å². The first kappa shape index (κ1) is 20.3. The van der Waals surface area contributed by atoms with Crippen molar-refractivity contribution in [2.45, 2.75) is 19.4 Å². The zero-order valence-electron chi connectivity index (χ0n) is 16.8. The Morgan fingerprint density at radius 1 is 1.06 bits per heavy atom. The third-order valence-corrected chi connectivity index (χ3v) is 4.92. The minimum atomic E-state index is -0.321. The van der Waals surface area contributed by atoms with Crippen LogP contribution < -0.4 is 10.1 Å². The molecule has 1 aliphatic heterocycles. The Balaban J connectivity index is 1.24. The minimum absolute atomic E-state index is 0.0923. The van der Waals surface area contributed by atoms with Crippen LogP contribution in [-0.4, -0.2) is 46.4 Å². The topological polar surface area (TPSA) is 115 Å². The maximum atomic E-state index is 12.3. The highest BCUT2D eigenvalue weighted by atomic mass is 16.5. The highest BCUT2D eigenvalue weighted by Crippen LogP contribution is 2.23. The molecule has 4 rings (SSSR count). The van der Waals surface area contributed by atoms with E-state index in [0.717, 1.165) is 11.3 Å². The summed E-state index contributed by atoms with van der Waals surface area (Å²) in [6.45, 7) is 0.275. The van der Waals surface area contributed by atoms with Crippen LogP contribution in [0.25, 0.3) is 11.4 Å². The molecular formula is C22H20N4O5. The maximum absolute atomic E-state index is 12.3. The van der Waals surface area contributed by atoms with E-state index < -0.39 is 0 Å². The Bertz CT molecular complexity index is 1090. The molecule has 0 saturated carbocycles. The molecule has 0 saturated heterocycles. The van der Waals surface area contributed by atoms with Crippen molar-refractivity contribution in [3.8, 4) is 17.1 Å². The Labute approximate surface area is 178 Å². The monoisotopic (exact) mass is 420 g/mol. The van der Waals surface area contributed by atoms with Gasteiger partial charge in [0.1, 0.15) is 5.75 Å². The number of carbonyl (C=O) groups excluding carboxylic acids is 3. The standard InChI is InChI=1S/C22H20N4O5/c1-30-15-10-8-14(9-11-15)20-24-19(31-25-20)13-23-18(27)7-4-12-26-21(28)16-5-2-3-6-17(16)22(26)29/h2-3,5-6,8-11H,4,7,12-13H2,1H3,(H,23,27). The summed E-state index contributed by atoms with van der Waals surface area (Å²) in [5, 5.41) is 6.61. The van der Waals surface area contributed by atoms with E-state index in [1.165, 1.54) is 4.90 Å². The molecule has 3 aromatic rings. The molecule has 158 valence electrons. The third kappa shape index (κ3) is 4.30. The number of rotatable bonds is 8. The highest BCUT2D eigenvalue weighted by Gasteiger charge is 2.34. The van der Waals surface area contributed by atoms with Crippen molar-refractivity contribution in [1.82, 2.24) is 20.4 Å². The number of aromatic nitrogens is 2. The van der Waals surface area contributed by atoms with Gasteiger partial charge in [0, 0.05) is 18.5 Å². The summed E-state index contributed by atoms with van der Waals surface area (Å²) in [6, 6.07) is 13.9. The number of carbonyl (C=O) groups is 3. The van der Waals surface area contributed by atoms with Crippen molar-refractivity contribution >= 4 is 17.7 Å². The van der Waals surface area contributed by atoms with Crippen molar-refractivity contribution in [3.63, 3.8) is 0 Å². The molecular weight excluding hydrogens is 400 g/mol. The van der Waals surface area contributed by atoms with E-state index in [1.54, 1.807) is 43.5 Å². The molecule has 0 fully saturated rings. The van der Waals surface area contributed by atoms with E-state index in [-0.39, 0.29) is 43.1 Å². The second-order valence-electron chi connectivity index (χ2n) is 6.93. The smallest absolute Gasteiger partial charge is 0.261 e. The summed E-state index contributed by atoms with van der Waals surface area (Å²) in [5.41, 5.74) is 1.57. The largest absolute Gasteiger partial charge is 0.497 e. The SMILES string of the molecule is COc1ccc(-c2noc(CNC(=O)CCCN3C(=O)c4ccccc4C3=O)n2)cc1. The molecule has 2 heterocycles. The molecule has 1 aliphatic rings. The summed E-state index contributed by atoms with van der Waals surface area (Å²) in [6.07, 6.45) is 0.519. The number of nitrogens with one attached hydrogen (secondary N) is 1. The van der Waals surface area contributed by atoms with Crippen LogP contribution in [-0.2, 0) is 11.3 Å². The second-order valence-corrected chi connectivity index (χ2v) is 6.93. The molecule has 2 aromatic carbocycles. The minimum Gasteiger partial charge on any atom is -0.497 e. The predicted octanol–water partition coefficient (Wildman–Crippen LogP) is 2.44. The average molecular weight is 420 g/mol. The number of nitrogens with zero attached hydrogens (tertiary/aromatic N) is 3. The normalized spacial score (nSPS) is 12.7. The van der Waals surface area contributed by atoms with Crippen LogP contribution in [0.2, 0.25) is 0 Å². The number of ether oxygens (including phenoxy) is 1. The maximum Gasteiger partial charge on any atom is 0.261 e. The molecule has 0 radical (unpaired) electrons. The summed E-state index contributed by atoms with van der Waals surface area (Å²) in [7, 11) is 1.59. The van der Waals surface area contributed by atoms with Gasteiger partial charge in [-0.15, -0.1) is 0 Å². The number of hydrogen-bond donors (Lipinski definition) is 1. The number of imide groups is 1. The highest BCUT2D eigenvalue weighted by molar-refractivity contribution is 6.21. The molecule has 0 atom stereocenters. The summed E-state index contributed by atoms with van der Waals surface area (Å²) >= 11 is 0. The summed E-state index contributed by atoms with van der Waals surface area (Å²) in [5.74, 6) is 0.537. The Morgan fingerprint density at radius 2 is 1.74 bits per heavy atom. The number of benzene rings is 2. The van der Waals surface area contributed by atoms with Crippen molar-refractivity contribution in [1.29, 1.82) is 0 Å². The van der Waals surface area contributed by atoms with Crippen LogP contribution in [0.4, 0.5) is 0 Å². The average Bonchev–Trinajstić information content (AvgIpc) is 3.37. The van der Waals surface area contributed by atoms with Crippen molar-refractivity contribution in [2.75, 3.05) is 13.7 Å². The van der Waals surface area contributed by atoms with Gasteiger partial charge in [-0.2, -0.15) is 4.98 Å². The van der Waals surface area contributed by atoms with Crippen LogP contribution in [0.3, 0.4) is 0 Å². The van der Waals surface area contributed by atoms with E-state index in [9.17, 15) is 14.4 Å². The zero-order chi connectivity index (χ0) is 21.8. The lowest BCUT2D eigenvalue weighted by atomic mass is 10.1. The van der Waals surface area contributed by atoms with Crippen LogP contribution in [0.1, 0.15) is 39.4 Å². The number of hydrogen-bond acceptors (Lipinski definition) is 7. The van der Waals surface area contributed by atoms with Gasteiger partial charge < -0.3 is 14.6 Å². The third-order valence-electron chi connectivity index (χ3n) is 4.92. The Morgan fingerprint density at radius 3 is 2.39 bits per heavy atom. The van der Waals surface area contributed by atoms with Gasteiger partial charge in [-0.1, -0.05) is 17.3 Å². The first-order valence-electron chi connectivity index (χ1n) is 9.76. The van der Waals surface area contributed by atoms with Gasteiger partial charge in [-0.05, 0) is 42.8 Å². The molecule has 9 heteroatoms. The van der Waals surface area contributed by atoms with E-state index in [4.69, 9.17) is 9.26 Å². The molecule has 31 heavy (non-hydrogen) atoms. The Kier molecular flexibility index (Phi) is 5.74. The van der Waals surface area contributed by atoms with Crippen LogP contribution in [0.15, 0.2) is 53.1 Å². The molecule has 1 aromatic heterocycles. The molecule has 0 spiro atoms. The lowest BCUT2D eigenvalue weighted by Crippen LogP contribution is -2.32. The quantitative estimate of drug-likeness (QED) is 0.557. The summed E-state index contributed by atoms with van der Waals surface area (Å²) < 4.78 is 10.3. The van der Waals surface area contributed by atoms with Crippen molar-refractivity contribution in [3.05, 3.63) is 65.5 Å². The van der Waals surface area contributed by atoms with E-state index >= 15 is 0 Å². The molecule has 1 N–H and O–H groups in total. The molecule has 0 unspecified atom stereocenters. The first-order chi connectivity index (χ1) is 15.1. The van der Waals surface area contributed by atoms with Gasteiger partial charge in [-0.25, -0.2) is 0 Å². The van der Waals surface area contributed by atoms with Crippen molar-refractivity contribution in [2.24, 2.45) is 0 Å². The van der Waals surface area contributed by atoms with Gasteiger partial charge in [0.05, 0.1) is 24.8 Å². The van der Waals surface area contributed by atoms with Gasteiger partial charge in [0.2, 0.25) is 17.6 Å². The number of fused-ring (bicyclic) bond motifs is 1. The van der Waals surface area contributed by atoms with E-state index in [2.05, 4.69) is 15.5 Å². The van der Waals surface area contributed by atoms with Crippen LogP contribution in [0.5, 0.6) is 5.75 Å².